The average Bonchev–Trinajstić information content (AvgIpc) is 2.73. The summed E-state index contributed by atoms with van der Waals surface area (Å²) in [4.78, 5) is 1.82. The van der Waals surface area contributed by atoms with Crippen LogP contribution in [0.2, 0.25) is 0 Å². The van der Waals surface area contributed by atoms with Crippen molar-refractivity contribution in [2.45, 2.75) is 11.1 Å². The second kappa shape index (κ2) is 7.81. The standard InChI is InChI=1S/C21H19F3N2O3S/c22-21(23,24)16-8-9-19(26-10-12-29-13-11-26)18(14-16)25-30(27,28)20-7-3-5-15-4-1-2-6-17(15)20/h1-9,14,25H,10-13H2. The smallest absolute Gasteiger partial charge is 0.378 e. The Hall–Kier alpha value is -2.78. The molecule has 1 aliphatic heterocycles. The van der Waals surface area contributed by atoms with Crippen molar-refractivity contribution in [3.05, 3.63) is 66.2 Å². The van der Waals surface area contributed by atoms with Crippen LogP contribution in [0.3, 0.4) is 0 Å². The first kappa shape index (κ1) is 20.5. The van der Waals surface area contributed by atoms with E-state index in [0.29, 0.717) is 37.4 Å². The first-order chi connectivity index (χ1) is 14.3. The van der Waals surface area contributed by atoms with E-state index in [0.717, 1.165) is 17.5 Å². The molecule has 1 heterocycles. The van der Waals surface area contributed by atoms with Gasteiger partial charge in [-0.25, -0.2) is 8.42 Å². The van der Waals surface area contributed by atoms with Gasteiger partial charge in [-0.3, -0.25) is 4.72 Å². The fourth-order valence-electron chi connectivity index (χ4n) is 3.50. The number of hydrogen-bond donors (Lipinski definition) is 1. The molecule has 0 aromatic heterocycles. The summed E-state index contributed by atoms with van der Waals surface area (Å²) in [7, 11) is -4.14. The summed E-state index contributed by atoms with van der Waals surface area (Å²) < 4.78 is 73.9. The molecule has 158 valence electrons. The average molecular weight is 436 g/mol. The van der Waals surface area contributed by atoms with E-state index in [4.69, 9.17) is 4.74 Å². The minimum absolute atomic E-state index is 0.00550. The maximum Gasteiger partial charge on any atom is 0.416 e. The molecular formula is C21H19F3N2O3S. The van der Waals surface area contributed by atoms with Gasteiger partial charge in [0, 0.05) is 18.5 Å². The highest BCUT2D eigenvalue weighted by molar-refractivity contribution is 7.93. The molecule has 9 heteroatoms. The van der Waals surface area contributed by atoms with Gasteiger partial charge in [-0.1, -0.05) is 36.4 Å². The lowest BCUT2D eigenvalue weighted by Gasteiger charge is -2.31. The molecule has 0 aliphatic carbocycles. The molecule has 1 saturated heterocycles. The van der Waals surface area contributed by atoms with Gasteiger partial charge in [-0.05, 0) is 29.7 Å². The molecule has 30 heavy (non-hydrogen) atoms. The number of alkyl halides is 3. The normalized spacial score (nSPS) is 15.4. The molecule has 5 nitrogen and oxygen atoms in total. The van der Waals surface area contributed by atoms with E-state index in [1.807, 2.05) is 4.90 Å². The molecule has 1 aliphatic rings. The molecule has 4 rings (SSSR count). The minimum atomic E-state index is -4.59. The number of morpholine rings is 1. The molecule has 1 N–H and O–H groups in total. The van der Waals surface area contributed by atoms with Gasteiger partial charge < -0.3 is 9.64 Å². The molecule has 3 aromatic carbocycles. The quantitative estimate of drug-likeness (QED) is 0.655. The van der Waals surface area contributed by atoms with Crippen molar-refractivity contribution in [3.63, 3.8) is 0 Å². The van der Waals surface area contributed by atoms with Gasteiger partial charge in [0.25, 0.3) is 10.0 Å². The van der Waals surface area contributed by atoms with E-state index < -0.39 is 21.8 Å². The molecule has 3 aromatic rings. The maximum atomic E-state index is 13.3. The SMILES string of the molecule is O=S(=O)(Nc1cc(C(F)(F)F)ccc1N1CCOCC1)c1cccc2ccccc12. The third-order valence-electron chi connectivity index (χ3n) is 4.96. The maximum absolute atomic E-state index is 13.3. The molecule has 0 unspecified atom stereocenters. The van der Waals surface area contributed by atoms with Crippen LogP contribution in [0.4, 0.5) is 24.5 Å². The zero-order valence-electron chi connectivity index (χ0n) is 15.8. The number of nitrogens with zero attached hydrogens (tertiary/aromatic N) is 1. The predicted octanol–water partition coefficient (Wildman–Crippen LogP) is 4.50. The van der Waals surface area contributed by atoms with Crippen molar-refractivity contribution >= 4 is 32.2 Å². The number of fused-ring (bicyclic) bond motifs is 1. The number of rotatable bonds is 4. The van der Waals surface area contributed by atoms with Gasteiger partial charge in [-0.15, -0.1) is 0 Å². The number of halogens is 3. The zero-order chi connectivity index (χ0) is 21.4. The summed E-state index contributed by atoms with van der Waals surface area (Å²) in [5, 5.41) is 1.21. The van der Waals surface area contributed by atoms with E-state index in [2.05, 4.69) is 4.72 Å². The lowest BCUT2D eigenvalue weighted by molar-refractivity contribution is -0.137. The van der Waals surface area contributed by atoms with Crippen LogP contribution in [0.1, 0.15) is 5.56 Å². The number of nitrogens with one attached hydrogen (secondary N) is 1. The first-order valence-corrected chi connectivity index (χ1v) is 10.8. The molecule has 0 bridgehead atoms. The van der Waals surface area contributed by atoms with Crippen LogP contribution in [0.5, 0.6) is 0 Å². The van der Waals surface area contributed by atoms with Gasteiger partial charge in [0.15, 0.2) is 0 Å². The molecule has 0 radical (unpaired) electrons. The Kier molecular flexibility index (Phi) is 5.33. The molecule has 0 atom stereocenters. The monoisotopic (exact) mass is 436 g/mol. The van der Waals surface area contributed by atoms with Crippen molar-refractivity contribution in [1.82, 2.24) is 0 Å². The van der Waals surface area contributed by atoms with Crippen molar-refractivity contribution in [2.75, 3.05) is 35.9 Å². The van der Waals surface area contributed by atoms with Crippen LogP contribution in [0.25, 0.3) is 10.8 Å². The predicted molar refractivity (Wildman–Crippen MR) is 109 cm³/mol. The van der Waals surface area contributed by atoms with Gasteiger partial charge in [0.05, 0.1) is 35.0 Å². The summed E-state index contributed by atoms with van der Waals surface area (Å²) in [5.41, 5.74) is -0.648. The van der Waals surface area contributed by atoms with E-state index in [9.17, 15) is 21.6 Å². The third kappa shape index (κ3) is 4.08. The van der Waals surface area contributed by atoms with Crippen molar-refractivity contribution < 1.29 is 26.3 Å². The van der Waals surface area contributed by atoms with Crippen molar-refractivity contribution in [3.8, 4) is 0 Å². The number of anilines is 2. The molecule has 0 spiro atoms. The molecule has 0 saturated carbocycles. The topological polar surface area (TPSA) is 58.6 Å². The molecular weight excluding hydrogens is 417 g/mol. The van der Waals surface area contributed by atoms with E-state index in [-0.39, 0.29) is 10.6 Å². The number of ether oxygens (including phenoxy) is 1. The van der Waals surface area contributed by atoms with Crippen molar-refractivity contribution in [1.29, 1.82) is 0 Å². The highest BCUT2D eigenvalue weighted by Crippen LogP contribution is 2.37. The van der Waals surface area contributed by atoms with Gasteiger partial charge in [-0.2, -0.15) is 13.2 Å². The van der Waals surface area contributed by atoms with Crippen LogP contribution < -0.4 is 9.62 Å². The second-order valence-corrected chi connectivity index (χ2v) is 8.56. The summed E-state index contributed by atoms with van der Waals surface area (Å²) in [6, 6.07) is 14.9. The van der Waals surface area contributed by atoms with Crippen LogP contribution in [-0.4, -0.2) is 34.7 Å². The van der Waals surface area contributed by atoms with Crippen LogP contribution in [0, 0.1) is 0 Å². The van der Waals surface area contributed by atoms with Crippen LogP contribution in [-0.2, 0) is 20.9 Å². The zero-order valence-corrected chi connectivity index (χ0v) is 16.6. The minimum Gasteiger partial charge on any atom is -0.378 e. The Morgan fingerprint density at radius 1 is 0.933 bits per heavy atom. The highest BCUT2D eigenvalue weighted by atomic mass is 32.2. The van der Waals surface area contributed by atoms with Gasteiger partial charge in [0.2, 0.25) is 0 Å². The number of benzene rings is 3. The summed E-state index contributed by atoms with van der Waals surface area (Å²) >= 11 is 0. The van der Waals surface area contributed by atoms with Gasteiger partial charge in [0.1, 0.15) is 0 Å². The Bertz CT molecular complexity index is 1170. The first-order valence-electron chi connectivity index (χ1n) is 9.30. The second-order valence-electron chi connectivity index (χ2n) is 6.91. The highest BCUT2D eigenvalue weighted by Gasteiger charge is 2.32. The van der Waals surface area contributed by atoms with Gasteiger partial charge >= 0.3 is 6.18 Å². The van der Waals surface area contributed by atoms with E-state index >= 15 is 0 Å². The van der Waals surface area contributed by atoms with E-state index in [1.165, 1.54) is 12.1 Å². The summed E-state index contributed by atoms with van der Waals surface area (Å²) in [6.07, 6.45) is -4.59. The number of hydrogen-bond acceptors (Lipinski definition) is 4. The van der Waals surface area contributed by atoms with Crippen LogP contribution in [0.15, 0.2) is 65.6 Å². The van der Waals surface area contributed by atoms with Crippen LogP contribution >= 0.6 is 0 Å². The Balaban J connectivity index is 1.80. The Morgan fingerprint density at radius 3 is 2.37 bits per heavy atom. The summed E-state index contributed by atoms with van der Waals surface area (Å²) in [6.45, 7) is 1.73. The lowest BCUT2D eigenvalue weighted by atomic mass is 10.1. The molecule has 0 amide bonds. The van der Waals surface area contributed by atoms with Crippen molar-refractivity contribution in [2.24, 2.45) is 0 Å². The lowest BCUT2D eigenvalue weighted by Crippen LogP contribution is -2.36. The largest absolute Gasteiger partial charge is 0.416 e. The fraction of sp³-hybridized carbons (Fsp3) is 0.238. The Morgan fingerprint density at radius 2 is 1.63 bits per heavy atom. The molecule has 1 fully saturated rings. The summed E-state index contributed by atoms with van der Waals surface area (Å²) in [5.74, 6) is 0. The number of sulfonamides is 1. The van der Waals surface area contributed by atoms with E-state index in [1.54, 1.807) is 36.4 Å². The third-order valence-corrected chi connectivity index (χ3v) is 6.38. The Labute approximate surface area is 172 Å². The fourth-order valence-corrected chi connectivity index (χ4v) is 4.80.